The van der Waals surface area contributed by atoms with E-state index in [9.17, 15) is 4.79 Å². The van der Waals surface area contributed by atoms with Gasteiger partial charge in [-0.1, -0.05) is 0 Å². The number of hydrogen-bond donors (Lipinski definition) is 2. The number of thiophene rings is 1. The van der Waals surface area contributed by atoms with E-state index in [-0.39, 0.29) is 5.91 Å². The number of carbonyl (C=O) groups excluding carboxylic acids is 1. The highest BCUT2D eigenvalue weighted by atomic mass is 32.1. The molecule has 1 amide bonds. The molecule has 4 nitrogen and oxygen atoms in total. The van der Waals surface area contributed by atoms with Gasteiger partial charge >= 0.3 is 0 Å². The monoisotopic (exact) mass is 303 g/mol. The summed E-state index contributed by atoms with van der Waals surface area (Å²) in [7, 11) is 3.46. The summed E-state index contributed by atoms with van der Waals surface area (Å²) in [6.45, 7) is 4.98. The SMILES string of the molecule is Cc1cc(CNc2ccc(C(=O)N(C)C)cc2N)sc1C. The number of nitrogen functional groups attached to an aromatic ring is 1. The first-order valence-corrected chi connectivity index (χ1v) is 7.61. The zero-order chi connectivity index (χ0) is 15.6. The van der Waals surface area contributed by atoms with Gasteiger partial charge in [-0.3, -0.25) is 4.79 Å². The zero-order valence-corrected chi connectivity index (χ0v) is 13.7. The predicted molar refractivity (Wildman–Crippen MR) is 90.0 cm³/mol. The highest BCUT2D eigenvalue weighted by Crippen LogP contribution is 2.24. The molecule has 0 radical (unpaired) electrons. The summed E-state index contributed by atoms with van der Waals surface area (Å²) in [5.41, 5.74) is 9.39. The number of amides is 1. The topological polar surface area (TPSA) is 58.4 Å². The molecule has 0 saturated heterocycles. The molecule has 112 valence electrons. The second-order valence-electron chi connectivity index (χ2n) is 5.31. The van der Waals surface area contributed by atoms with Crippen molar-refractivity contribution in [2.75, 3.05) is 25.1 Å². The van der Waals surface area contributed by atoms with Gasteiger partial charge in [0, 0.05) is 36.0 Å². The van der Waals surface area contributed by atoms with Crippen LogP contribution in [0.2, 0.25) is 0 Å². The van der Waals surface area contributed by atoms with Crippen molar-refractivity contribution in [2.45, 2.75) is 20.4 Å². The molecule has 2 rings (SSSR count). The van der Waals surface area contributed by atoms with Crippen LogP contribution in [0.25, 0.3) is 0 Å². The van der Waals surface area contributed by atoms with E-state index in [2.05, 4.69) is 25.2 Å². The molecule has 0 aliphatic heterocycles. The van der Waals surface area contributed by atoms with Crippen molar-refractivity contribution in [1.82, 2.24) is 4.90 Å². The molecule has 0 unspecified atom stereocenters. The zero-order valence-electron chi connectivity index (χ0n) is 12.9. The molecule has 0 bridgehead atoms. The molecule has 0 fully saturated rings. The van der Waals surface area contributed by atoms with Gasteiger partial charge in [-0.15, -0.1) is 11.3 Å². The fourth-order valence-corrected chi connectivity index (χ4v) is 3.03. The number of benzene rings is 1. The lowest BCUT2D eigenvalue weighted by molar-refractivity contribution is 0.0827. The Hall–Kier alpha value is -2.01. The van der Waals surface area contributed by atoms with Crippen molar-refractivity contribution in [2.24, 2.45) is 0 Å². The minimum absolute atomic E-state index is 0.0437. The molecule has 2 aromatic rings. The number of anilines is 2. The van der Waals surface area contributed by atoms with Gasteiger partial charge in [0.15, 0.2) is 0 Å². The van der Waals surface area contributed by atoms with Gasteiger partial charge in [0.05, 0.1) is 11.4 Å². The quantitative estimate of drug-likeness (QED) is 0.852. The number of hydrogen-bond acceptors (Lipinski definition) is 4. The molecular formula is C16H21N3OS. The van der Waals surface area contributed by atoms with Crippen LogP contribution in [0.4, 0.5) is 11.4 Å². The largest absolute Gasteiger partial charge is 0.397 e. The van der Waals surface area contributed by atoms with Gasteiger partial charge in [-0.25, -0.2) is 0 Å². The smallest absolute Gasteiger partial charge is 0.253 e. The molecule has 5 heteroatoms. The molecule has 21 heavy (non-hydrogen) atoms. The van der Waals surface area contributed by atoms with E-state index in [0.717, 1.165) is 12.2 Å². The Morgan fingerprint density at radius 3 is 2.52 bits per heavy atom. The maximum absolute atomic E-state index is 11.9. The third-order valence-corrected chi connectivity index (χ3v) is 4.53. The third kappa shape index (κ3) is 3.55. The van der Waals surface area contributed by atoms with Crippen LogP contribution in [0.15, 0.2) is 24.3 Å². The molecule has 0 aliphatic rings. The second-order valence-corrected chi connectivity index (χ2v) is 6.65. The van der Waals surface area contributed by atoms with E-state index in [4.69, 9.17) is 5.73 Å². The number of rotatable bonds is 4. The Bertz CT molecular complexity index is 642. The average molecular weight is 303 g/mol. The minimum atomic E-state index is -0.0437. The normalized spacial score (nSPS) is 10.5. The molecule has 0 saturated carbocycles. The van der Waals surface area contributed by atoms with Gasteiger partial charge in [0.1, 0.15) is 0 Å². The van der Waals surface area contributed by atoms with Gasteiger partial charge in [0.25, 0.3) is 5.91 Å². The first-order valence-electron chi connectivity index (χ1n) is 6.79. The lowest BCUT2D eigenvalue weighted by Crippen LogP contribution is -2.21. The van der Waals surface area contributed by atoms with Crippen LogP contribution in [0.3, 0.4) is 0 Å². The fourth-order valence-electron chi connectivity index (χ4n) is 2.03. The predicted octanol–water partition coefficient (Wildman–Crippen LogP) is 3.26. The fraction of sp³-hybridized carbons (Fsp3) is 0.312. The highest BCUT2D eigenvalue weighted by Gasteiger charge is 2.10. The Morgan fingerprint density at radius 1 is 1.29 bits per heavy atom. The van der Waals surface area contributed by atoms with Gasteiger partial charge in [-0.2, -0.15) is 0 Å². The van der Waals surface area contributed by atoms with Crippen molar-refractivity contribution >= 4 is 28.6 Å². The first-order chi connectivity index (χ1) is 9.88. The molecule has 3 N–H and O–H groups in total. The van der Waals surface area contributed by atoms with E-state index >= 15 is 0 Å². The van der Waals surface area contributed by atoms with E-state index in [1.165, 1.54) is 15.3 Å². The minimum Gasteiger partial charge on any atom is -0.397 e. The van der Waals surface area contributed by atoms with Crippen molar-refractivity contribution < 1.29 is 4.79 Å². The molecule has 1 aromatic heterocycles. The van der Waals surface area contributed by atoms with Crippen molar-refractivity contribution in [3.63, 3.8) is 0 Å². The van der Waals surface area contributed by atoms with Crippen LogP contribution >= 0.6 is 11.3 Å². The van der Waals surface area contributed by atoms with Crippen LogP contribution in [0, 0.1) is 13.8 Å². The number of nitrogens with zero attached hydrogens (tertiary/aromatic N) is 1. The molecule has 1 aromatic carbocycles. The molecule has 0 aliphatic carbocycles. The maximum atomic E-state index is 11.9. The Kier molecular flexibility index (Phi) is 4.53. The highest BCUT2D eigenvalue weighted by molar-refractivity contribution is 7.12. The summed E-state index contributed by atoms with van der Waals surface area (Å²) < 4.78 is 0. The van der Waals surface area contributed by atoms with Crippen molar-refractivity contribution in [1.29, 1.82) is 0 Å². The van der Waals surface area contributed by atoms with E-state index in [1.807, 2.05) is 6.07 Å². The molecule has 0 spiro atoms. The van der Waals surface area contributed by atoms with Crippen molar-refractivity contribution in [3.05, 3.63) is 45.1 Å². The lowest BCUT2D eigenvalue weighted by Gasteiger charge is -2.13. The number of carbonyl (C=O) groups is 1. The first kappa shape index (κ1) is 15.4. The van der Waals surface area contributed by atoms with E-state index < -0.39 is 0 Å². The Balaban J connectivity index is 2.09. The second kappa shape index (κ2) is 6.18. The summed E-state index contributed by atoms with van der Waals surface area (Å²) in [6, 6.07) is 7.56. The summed E-state index contributed by atoms with van der Waals surface area (Å²) in [6.07, 6.45) is 0. The van der Waals surface area contributed by atoms with Crippen LogP contribution in [-0.2, 0) is 6.54 Å². The number of aryl methyl sites for hydroxylation is 2. The summed E-state index contributed by atoms with van der Waals surface area (Å²) in [4.78, 5) is 16.0. The summed E-state index contributed by atoms with van der Waals surface area (Å²) in [5.74, 6) is -0.0437. The van der Waals surface area contributed by atoms with Gasteiger partial charge in [-0.05, 0) is 43.7 Å². The lowest BCUT2D eigenvalue weighted by atomic mass is 10.1. The van der Waals surface area contributed by atoms with E-state index in [0.29, 0.717) is 11.3 Å². The number of nitrogens with one attached hydrogen (secondary N) is 1. The average Bonchev–Trinajstić information content (AvgIpc) is 2.75. The Morgan fingerprint density at radius 2 is 2.00 bits per heavy atom. The maximum Gasteiger partial charge on any atom is 0.253 e. The molecular weight excluding hydrogens is 282 g/mol. The summed E-state index contributed by atoms with van der Waals surface area (Å²) in [5, 5.41) is 3.33. The van der Waals surface area contributed by atoms with Crippen LogP contribution in [0.1, 0.15) is 25.7 Å². The van der Waals surface area contributed by atoms with Crippen LogP contribution in [0.5, 0.6) is 0 Å². The van der Waals surface area contributed by atoms with Crippen molar-refractivity contribution in [3.8, 4) is 0 Å². The van der Waals surface area contributed by atoms with Crippen LogP contribution in [-0.4, -0.2) is 24.9 Å². The standard InChI is InChI=1S/C16H21N3OS/c1-10-7-13(21-11(10)2)9-18-15-6-5-12(8-14(15)17)16(20)19(3)4/h5-8,18H,9,17H2,1-4H3. The Labute approximate surface area is 129 Å². The number of nitrogens with two attached hydrogens (primary N) is 1. The van der Waals surface area contributed by atoms with Gasteiger partial charge < -0.3 is 16.0 Å². The summed E-state index contributed by atoms with van der Waals surface area (Å²) >= 11 is 1.79. The molecule has 0 atom stereocenters. The van der Waals surface area contributed by atoms with E-state index in [1.54, 1.807) is 42.5 Å². The van der Waals surface area contributed by atoms with Crippen LogP contribution < -0.4 is 11.1 Å². The third-order valence-electron chi connectivity index (χ3n) is 3.37. The van der Waals surface area contributed by atoms with Gasteiger partial charge in [0.2, 0.25) is 0 Å². The molecule has 1 heterocycles.